The van der Waals surface area contributed by atoms with Gasteiger partial charge in [-0.05, 0) is 24.7 Å². The molecule has 11 heavy (non-hydrogen) atoms. The lowest BCUT2D eigenvalue weighted by Gasteiger charge is -2.11. The number of hydrogen-bond acceptors (Lipinski definition) is 2. The minimum atomic E-state index is -0.329. The molecule has 0 saturated heterocycles. The minimum Gasteiger partial charge on any atom is -0.392 e. The number of aliphatic hydroxyl groups excluding tert-OH is 1. The third-order valence-electron chi connectivity index (χ3n) is 3.32. The average Bonchev–Trinajstić information content (AvgIpc) is 2.41. The summed E-state index contributed by atoms with van der Waals surface area (Å²) in [5, 5.41) is 9.52. The molecule has 2 fully saturated rings. The Kier molecular flexibility index (Phi) is 1.53. The Bertz CT molecular complexity index is 188. The summed E-state index contributed by atoms with van der Waals surface area (Å²) in [7, 11) is 0. The summed E-state index contributed by atoms with van der Waals surface area (Å²) in [6.07, 6.45) is 2.23. The highest BCUT2D eigenvalue weighted by Gasteiger charge is 2.47. The van der Waals surface area contributed by atoms with Gasteiger partial charge in [-0.15, -0.1) is 0 Å². The highest BCUT2D eigenvalue weighted by molar-refractivity contribution is 5.84. The van der Waals surface area contributed by atoms with Crippen molar-refractivity contribution >= 4 is 5.78 Å². The predicted octanol–water partition coefficient (Wildman–Crippen LogP) is 0.982. The van der Waals surface area contributed by atoms with Crippen molar-refractivity contribution in [2.45, 2.75) is 32.3 Å². The summed E-state index contributed by atoms with van der Waals surface area (Å²) in [5.74, 6) is 1.36. The van der Waals surface area contributed by atoms with E-state index in [1.807, 2.05) is 0 Å². The number of fused-ring (bicyclic) bond motifs is 1. The van der Waals surface area contributed by atoms with Crippen LogP contribution in [0.15, 0.2) is 0 Å². The predicted molar refractivity (Wildman–Crippen MR) is 41.0 cm³/mol. The number of carbonyl (C=O) groups is 1. The summed E-state index contributed by atoms with van der Waals surface area (Å²) in [6, 6.07) is 0. The Balaban J connectivity index is 2.21. The normalized spacial score (nSPS) is 49.8. The molecule has 0 aromatic rings. The van der Waals surface area contributed by atoms with Crippen molar-refractivity contribution in [1.82, 2.24) is 0 Å². The molecule has 0 bridgehead atoms. The molecule has 0 aromatic carbocycles. The fourth-order valence-corrected chi connectivity index (χ4v) is 2.73. The number of rotatable bonds is 0. The molecular formula is C9H14O2. The van der Waals surface area contributed by atoms with Crippen LogP contribution in [0.5, 0.6) is 0 Å². The van der Waals surface area contributed by atoms with E-state index in [-0.39, 0.29) is 12.0 Å². The molecule has 2 rings (SSSR count). The number of aliphatic hydroxyl groups is 1. The molecule has 0 amide bonds. The van der Waals surface area contributed by atoms with Crippen molar-refractivity contribution in [3.8, 4) is 0 Å². The van der Waals surface area contributed by atoms with Gasteiger partial charge in [-0.3, -0.25) is 4.79 Å². The van der Waals surface area contributed by atoms with E-state index in [4.69, 9.17) is 0 Å². The fraction of sp³-hybridized carbons (Fsp3) is 0.889. The Hall–Kier alpha value is -0.370. The first-order chi connectivity index (χ1) is 5.20. The van der Waals surface area contributed by atoms with Crippen molar-refractivity contribution in [2.75, 3.05) is 0 Å². The van der Waals surface area contributed by atoms with E-state index < -0.39 is 0 Å². The molecule has 2 nitrogen and oxygen atoms in total. The molecule has 0 radical (unpaired) electrons. The van der Waals surface area contributed by atoms with Gasteiger partial charge >= 0.3 is 0 Å². The zero-order valence-corrected chi connectivity index (χ0v) is 6.79. The maximum atomic E-state index is 11.3. The first-order valence-electron chi connectivity index (χ1n) is 4.41. The molecule has 2 heteroatoms. The standard InChI is InChI=1S/C9H14O2/c1-5-4-8(11)9-6(5)2-3-7(9)10/h5-6,8-9,11H,2-4H2,1H3/t5-,6+,8?,9-/m0/s1. The van der Waals surface area contributed by atoms with Crippen LogP contribution in [0.4, 0.5) is 0 Å². The molecular weight excluding hydrogens is 140 g/mol. The highest BCUT2D eigenvalue weighted by atomic mass is 16.3. The van der Waals surface area contributed by atoms with Gasteiger partial charge in [0.1, 0.15) is 5.78 Å². The topological polar surface area (TPSA) is 37.3 Å². The monoisotopic (exact) mass is 154 g/mol. The summed E-state index contributed by atoms with van der Waals surface area (Å²) >= 11 is 0. The van der Waals surface area contributed by atoms with Crippen LogP contribution in [-0.4, -0.2) is 17.0 Å². The highest BCUT2D eigenvalue weighted by Crippen LogP contribution is 2.45. The fourth-order valence-electron chi connectivity index (χ4n) is 2.73. The first kappa shape index (κ1) is 7.29. The summed E-state index contributed by atoms with van der Waals surface area (Å²) in [6.45, 7) is 2.15. The molecule has 2 aliphatic rings. The Morgan fingerprint density at radius 1 is 1.55 bits per heavy atom. The van der Waals surface area contributed by atoms with Gasteiger partial charge in [0.25, 0.3) is 0 Å². The van der Waals surface area contributed by atoms with Gasteiger partial charge in [-0.25, -0.2) is 0 Å². The van der Waals surface area contributed by atoms with Gasteiger partial charge in [-0.1, -0.05) is 6.92 Å². The zero-order chi connectivity index (χ0) is 8.01. The second-order valence-corrected chi connectivity index (χ2v) is 3.97. The number of hydrogen-bond donors (Lipinski definition) is 1. The molecule has 4 atom stereocenters. The Labute approximate surface area is 66.6 Å². The summed E-state index contributed by atoms with van der Waals surface area (Å²) < 4.78 is 0. The largest absolute Gasteiger partial charge is 0.392 e. The molecule has 0 aromatic heterocycles. The van der Waals surface area contributed by atoms with Crippen LogP contribution in [0.2, 0.25) is 0 Å². The van der Waals surface area contributed by atoms with E-state index >= 15 is 0 Å². The summed E-state index contributed by atoms with van der Waals surface area (Å²) in [4.78, 5) is 11.3. The van der Waals surface area contributed by atoms with Gasteiger partial charge < -0.3 is 5.11 Å². The van der Waals surface area contributed by atoms with E-state index in [0.717, 1.165) is 12.8 Å². The Morgan fingerprint density at radius 2 is 2.27 bits per heavy atom. The van der Waals surface area contributed by atoms with E-state index in [0.29, 0.717) is 24.0 Å². The average molecular weight is 154 g/mol. The van der Waals surface area contributed by atoms with Crippen molar-refractivity contribution in [3.63, 3.8) is 0 Å². The Morgan fingerprint density at radius 3 is 2.91 bits per heavy atom. The third kappa shape index (κ3) is 0.924. The van der Waals surface area contributed by atoms with Crippen molar-refractivity contribution in [1.29, 1.82) is 0 Å². The number of carbonyl (C=O) groups excluding carboxylic acids is 1. The maximum absolute atomic E-state index is 11.3. The third-order valence-corrected chi connectivity index (χ3v) is 3.32. The van der Waals surface area contributed by atoms with Crippen LogP contribution in [0.1, 0.15) is 26.2 Å². The maximum Gasteiger partial charge on any atom is 0.138 e. The van der Waals surface area contributed by atoms with Crippen molar-refractivity contribution in [3.05, 3.63) is 0 Å². The van der Waals surface area contributed by atoms with Gasteiger partial charge in [0, 0.05) is 12.3 Å². The second kappa shape index (κ2) is 2.31. The van der Waals surface area contributed by atoms with Gasteiger partial charge in [0.15, 0.2) is 0 Å². The molecule has 1 N–H and O–H groups in total. The molecule has 0 spiro atoms. The van der Waals surface area contributed by atoms with Crippen LogP contribution in [0.3, 0.4) is 0 Å². The minimum absolute atomic E-state index is 0.00463. The molecule has 2 saturated carbocycles. The molecule has 1 unspecified atom stereocenters. The second-order valence-electron chi connectivity index (χ2n) is 3.97. The molecule has 2 aliphatic carbocycles. The van der Waals surface area contributed by atoms with Crippen LogP contribution in [0, 0.1) is 17.8 Å². The zero-order valence-electron chi connectivity index (χ0n) is 6.79. The molecule has 0 aliphatic heterocycles. The van der Waals surface area contributed by atoms with E-state index in [1.165, 1.54) is 0 Å². The molecule has 62 valence electrons. The lowest BCUT2D eigenvalue weighted by Crippen LogP contribution is -2.21. The smallest absolute Gasteiger partial charge is 0.138 e. The first-order valence-corrected chi connectivity index (χ1v) is 4.41. The number of Topliss-reactive ketones (excluding diaryl/α,β-unsaturated/α-hetero) is 1. The number of ketones is 1. The van der Waals surface area contributed by atoms with E-state index in [9.17, 15) is 9.90 Å². The van der Waals surface area contributed by atoms with E-state index in [2.05, 4.69) is 6.92 Å². The van der Waals surface area contributed by atoms with Crippen LogP contribution in [-0.2, 0) is 4.79 Å². The molecule has 0 heterocycles. The van der Waals surface area contributed by atoms with Crippen LogP contribution < -0.4 is 0 Å². The van der Waals surface area contributed by atoms with Gasteiger partial charge in [-0.2, -0.15) is 0 Å². The van der Waals surface area contributed by atoms with Crippen molar-refractivity contribution in [2.24, 2.45) is 17.8 Å². The van der Waals surface area contributed by atoms with Crippen molar-refractivity contribution < 1.29 is 9.90 Å². The van der Waals surface area contributed by atoms with Gasteiger partial charge in [0.05, 0.1) is 6.10 Å². The van der Waals surface area contributed by atoms with E-state index in [1.54, 1.807) is 0 Å². The lowest BCUT2D eigenvalue weighted by atomic mass is 9.93. The summed E-state index contributed by atoms with van der Waals surface area (Å²) in [5.41, 5.74) is 0. The lowest BCUT2D eigenvalue weighted by molar-refractivity contribution is -0.123. The quantitative estimate of drug-likeness (QED) is 0.564. The SMILES string of the molecule is C[C@H]1CC(O)[C@@H]2C(=O)CC[C@H]12. The van der Waals surface area contributed by atoms with Gasteiger partial charge in [0.2, 0.25) is 0 Å². The van der Waals surface area contributed by atoms with Crippen LogP contribution in [0.25, 0.3) is 0 Å². The van der Waals surface area contributed by atoms with Crippen LogP contribution >= 0.6 is 0 Å².